The van der Waals surface area contributed by atoms with Crippen LogP contribution in [-0.2, 0) is 0 Å². The zero-order valence-electron chi connectivity index (χ0n) is 29.2. The van der Waals surface area contributed by atoms with E-state index in [2.05, 4.69) is 217 Å². The van der Waals surface area contributed by atoms with Gasteiger partial charge in [0.15, 0.2) is 0 Å². The molecule has 0 radical (unpaired) electrons. The number of rotatable bonds is 6. The summed E-state index contributed by atoms with van der Waals surface area (Å²) in [4.78, 5) is 2.39. The van der Waals surface area contributed by atoms with Gasteiger partial charge in [0.05, 0.1) is 0 Å². The highest BCUT2D eigenvalue weighted by Crippen LogP contribution is 2.41. The molecule has 0 aliphatic heterocycles. The first-order chi connectivity index (χ1) is 26.3. The first-order valence-electron chi connectivity index (χ1n) is 18.3. The molecule has 0 spiro atoms. The Kier molecular flexibility index (Phi) is 7.55. The highest BCUT2D eigenvalue weighted by atomic mass is 15.1. The molecule has 1 nitrogen and oxygen atoms in total. The van der Waals surface area contributed by atoms with Crippen LogP contribution in [0, 0.1) is 0 Å². The van der Waals surface area contributed by atoms with Crippen molar-refractivity contribution in [2.75, 3.05) is 4.90 Å². The molecule has 1 heteroatoms. The zero-order chi connectivity index (χ0) is 35.1. The maximum atomic E-state index is 2.39. The van der Waals surface area contributed by atoms with E-state index in [1.54, 1.807) is 0 Å². The number of anilines is 3. The number of nitrogens with zero attached hydrogens (tertiary/aromatic N) is 1. The summed E-state index contributed by atoms with van der Waals surface area (Å²) < 4.78 is 0. The number of benzene rings is 10. The second kappa shape index (κ2) is 13.0. The summed E-state index contributed by atoms with van der Waals surface area (Å²) in [6.07, 6.45) is 0. The van der Waals surface area contributed by atoms with Crippen molar-refractivity contribution in [1.29, 1.82) is 0 Å². The van der Waals surface area contributed by atoms with E-state index < -0.39 is 0 Å². The maximum Gasteiger partial charge on any atom is 0.0468 e. The van der Waals surface area contributed by atoms with E-state index in [1.165, 1.54) is 76.5 Å². The average Bonchev–Trinajstić information content (AvgIpc) is 3.24. The second-order valence-electron chi connectivity index (χ2n) is 13.8. The summed E-state index contributed by atoms with van der Waals surface area (Å²) in [6.45, 7) is 0. The van der Waals surface area contributed by atoms with Crippen LogP contribution in [0.25, 0.3) is 76.5 Å². The highest BCUT2D eigenvalue weighted by Gasteiger charge is 2.16. The molecule has 0 bridgehead atoms. The number of hydrogen-bond donors (Lipinski definition) is 0. The fourth-order valence-electron chi connectivity index (χ4n) is 7.97. The molecule has 0 N–H and O–H groups in total. The van der Waals surface area contributed by atoms with E-state index >= 15 is 0 Å². The Morgan fingerprint density at radius 3 is 1.23 bits per heavy atom. The average molecular weight is 674 g/mol. The summed E-state index contributed by atoms with van der Waals surface area (Å²) in [6, 6.07) is 77.3. The van der Waals surface area contributed by atoms with E-state index in [0.29, 0.717) is 0 Å². The van der Waals surface area contributed by atoms with Crippen molar-refractivity contribution in [3.8, 4) is 33.4 Å². The van der Waals surface area contributed by atoms with Crippen molar-refractivity contribution in [3.05, 3.63) is 212 Å². The molecule has 10 aromatic carbocycles. The predicted molar refractivity (Wildman–Crippen MR) is 227 cm³/mol. The molecule has 0 aliphatic rings. The lowest BCUT2D eigenvalue weighted by Crippen LogP contribution is -2.10. The van der Waals surface area contributed by atoms with Crippen molar-refractivity contribution >= 4 is 60.2 Å². The third-order valence-electron chi connectivity index (χ3n) is 10.6. The molecule has 0 amide bonds. The molecule has 0 atom stereocenters. The van der Waals surface area contributed by atoms with Crippen LogP contribution in [0.1, 0.15) is 0 Å². The fourth-order valence-corrected chi connectivity index (χ4v) is 7.97. The van der Waals surface area contributed by atoms with Gasteiger partial charge in [0.1, 0.15) is 0 Å². The SMILES string of the molecule is c1ccc(-c2ccc3ccc4ccc(N(c5ccc(-c6cccc7ccccc67)cc5)c5ccc(-c6cccc7ccccc67)cc5)cc4c3c2)cc1. The van der Waals surface area contributed by atoms with Gasteiger partial charge >= 0.3 is 0 Å². The maximum absolute atomic E-state index is 2.39. The van der Waals surface area contributed by atoms with Crippen LogP contribution in [0.15, 0.2) is 212 Å². The van der Waals surface area contributed by atoms with Crippen molar-refractivity contribution < 1.29 is 0 Å². The molecular formula is C52H35N. The van der Waals surface area contributed by atoms with Crippen LogP contribution in [0.5, 0.6) is 0 Å². The van der Waals surface area contributed by atoms with Gasteiger partial charge in [-0.25, -0.2) is 0 Å². The van der Waals surface area contributed by atoms with Gasteiger partial charge in [0.25, 0.3) is 0 Å². The van der Waals surface area contributed by atoms with Crippen LogP contribution in [0.4, 0.5) is 17.1 Å². The molecular weight excluding hydrogens is 639 g/mol. The lowest BCUT2D eigenvalue weighted by atomic mass is 9.96. The minimum absolute atomic E-state index is 1.11. The van der Waals surface area contributed by atoms with Gasteiger partial charge in [-0.1, -0.05) is 170 Å². The molecule has 0 saturated heterocycles. The van der Waals surface area contributed by atoms with Gasteiger partial charge in [-0.15, -0.1) is 0 Å². The Hall–Kier alpha value is -6.96. The van der Waals surface area contributed by atoms with Gasteiger partial charge in [-0.05, 0) is 119 Å². The fraction of sp³-hybridized carbons (Fsp3) is 0. The van der Waals surface area contributed by atoms with Crippen LogP contribution in [0.3, 0.4) is 0 Å². The normalized spacial score (nSPS) is 11.4. The van der Waals surface area contributed by atoms with Crippen LogP contribution in [-0.4, -0.2) is 0 Å². The van der Waals surface area contributed by atoms with Gasteiger partial charge in [0.2, 0.25) is 0 Å². The van der Waals surface area contributed by atoms with Gasteiger partial charge in [-0.2, -0.15) is 0 Å². The van der Waals surface area contributed by atoms with E-state index in [4.69, 9.17) is 0 Å². The van der Waals surface area contributed by atoms with Gasteiger partial charge < -0.3 is 4.90 Å². The molecule has 248 valence electrons. The molecule has 0 aliphatic carbocycles. The Bertz CT molecular complexity index is 2790. The largest absolute Gasteiger partial charge is 0.310 e. The van der Waals surface area contributed by atoms with Gasteiger partial charge in [0, 0.05) is 17.1 Å². The summed E-state index contributed by atoms with van der Waals surface area (Å²) >= 11 is 0. The molecule has 0 fully saturated rings. The monoisotopic (exact) mass is 673 g/mol. The van der Waals surface area contributed by atoms with Crippen molar-refractivity contribution in [2.24, 2.45) is 0 Å². The Morgan fingerprint density at radius 2 is 0.642 bits per heavy atom. The minimum Gasteiger partial charge on any atom is -0.310 e. The Morgan fingerprint density at radius 1 is 0.226 bits per heavy atom. The third-order valence-corrected chi connectivity index (χ3v) is 10.6. The van der Waals surface area contributed by atoms with E-state index in [1.807, 2.05) is 0 Å². The molecule has 10 rings (SSSR count). The lowest BCUT2D eigenvalue weighted by Gasteiger charge is -2.26. The van der Waals surface area contributed by atoms with Gasteiger partial charge in [-0.3, -0.25) is 0 Å². The summed E-state index contributed by atoms with van der Waals surface area (Å²) in [5, 5.41) is 9.98. The van der Waals surface area contributed by atoms with E-state index in [-0.39, 0.29) is 0 Å². The number of hydrogen-bond acceptors (Lipinski definition) is 1. The van der Waals surface area contributed by atoms with E-state index in [0.717, 1.165) is 17.1 Å². The smallest absolute Gasteiger partial charge is 0.0468 e. The Labute approximate surface area is 309 Å². The van der Waals surface area contributed by atoms with Crippen molar-refractivity contribution in [3.63, 3.8) is 0 Å². The van der Waals surface area contributed by atoms with E-state index in [9.17, 15) is 0 Å². The summed E-state index contributed by atoms with van der Waals surface area (Å²) in [5.41, 5.74) is 10.7. The molecule has 10 aromatic rings. The van der Waals surface area contributed by atoms with Crippen molar-refractivity contribution in [2.45, 2.75) is 0 Å². The first kappa shape index (κ1) is 30.8. The molecule has 0 unspecified atom stereocenters. The molecule has 53 heavy (non-hydrogen) atoms. The molecule has 0 aromatic heterocycles. The van der Waals surface area contributed by atoms with Crippen molar-refractivity contribution in [1.82, 2.24) is 0 Å². The summed E-state index contributed by atoms with van der Waals surface area (Å²) in [5.74, 6) is 0. The quantitative estimate of drug-likeness (QED) is 0.159. The first-order valence-corrected chi connectivity index (χ1v) is 18.3. The zero-order valence-corrected chi connectivity index (χ0v) is 29.2. The van der Waals surface area contributed by atoms with Crippen LogP contribution >= 0.6 is 0 Å². The second-order valence-corrected chi connectivity index (χ2v) is 13.8. The van der Waals surface area contributed by atoms with Crippen LogP contribution < -0.4 is 4.90 Å². The molecule has 0 heterocycles. The summed E-state index contributed by atoms with van der Waals surface area (Å²) in [7, 11) is 0. The third kappa shape index (κ3) is 5.60. The molecule has 0 saturated carbocycles. The van der Waals surface area contributed by atoms with Crippen LogP contribution in [0.2, 0.25) is 0 Å². The minimum atomic E-state index is 1.11. The Balaban J connectivity index is 1.12. The highest BCUT2D eigenvalue weighted by molar-refractivity contribution is 6.10. The number of fused-ring (bicyclic) bond motifs is 5. The topological polar surface area (TPSA) is 3.24 Å². The lowest BCUT2D eigenvalue weighted by molar-refractivity contribution is 1.29. The predicted octanol–water partition coefficient (Wildman–Crippen LogP) is 14.8. The standard InChI is InChI=1S/C52H35N/c1-2-10-36(11-3-1)43-23-22-41-20-21-42-28-33-46(35-52(42)51(41)34-43)53(44-29-24-39(25-30-44)49-18-8-14-37-12-4-6-16-47(37)49)45-31-26-40(27-32-45)50-19-9-15-38-13-5-7-17-48(38)50/h1-35H.